The van der Waals surface area contributed by atoms with Crippen LogP contribution in [-0.4, -0.2) is 17.4 Å². The molecule has 0 fully saturated rings. The zero-order chi connectivity index (χ0) is 11.5. The summed E-state index contributed by atoms with van der Waals surface area (Å²) in [5, 5.41) is 13.2. The van der Waals surface area contributed by atoms with Crippen LogP contribution in [0.5, 0.6) is 5.75 Å². The lowest BCUT2D eigenvalue weighted by molar-refractivity contribution is 0.278. The molecule has 1 aromatic heterocycles. The van der Waals surface area contributed by atoms with Gasteiger partial charge in [-0.25, -0.2) is 0 Å². The molecule has 0 radical (unpaired) electrons. The summed E-state index contributed by atoms with van der Waals surface area (Å²) >= 11 is 0. The second-order valence-electron chi connectivity index (χ2n) is 3.46. The first-order valence-electron chi connectivity index (χ1n) is 4.96. The van der Waals surface area contributed by atoms with Crippen molar-refractivity contribution in [3.05, 3.63) is 35.6 Å². The number of aliphatic hydroxyl groups excluding tert-OH is 1. The fourth-order valence-corrected chi connectivity index (χ4v) is 1.57. The summed E-state index contributed by atoms with van der Waals surface area (Å²) in [5.41, 5.74) is 2.26. The van der Waals surface area contributed by atoms with Crippen molar-refractivity contribution < 1.29 is 14.4 Å². The van der Waals surface area contributed by atoms with Gasteiger partial charge in [-0.05, 0) is 19.1 Å². The van der Waals surface area contributed by atoms with E-state index in [4.69, 9.17) is 9.26 Å². The van der Waals surface area contributed by atoms with E-state index < -0.39 is 0 Å². The molecule has 0 aliphatic heterocycles. The lowest BCUT2D eigenvalue weighted by Crippen LogP contribution is -1.89. The fourth-order valence-electron chi connectivity index (χ4n) is 1.57. The zero-order valence-electron chi connectivity index (χ0n) is 9.23. The molecule has 0 spiro atoms. The molecule has 2 aromatic rings. The van der Waals surface area contributed by atoms with Gasteiger partial charge < -0.3 is 14.4 Å². The van der Waals surface area contributed by atoms with E-state index in [1.165, 1.54) is 0 Å². The van der Waals surface area contributed by atoms with Gasteiger partial charge in [0, 0.05) is 11.1 Å². The predicted molar refractivity (Wildman–Crippen MR) is 59.2 cm³/mol. The van der Waals surface area contributed by atoms with Gasteiger partial charge in [0.15, 0.2) is 0 Å². The SMILES string of the molecule is COc1cccc(-c2noc(C)c2CO)c1. The lowest BCUT2D eigenvalue weighted by Gasteiger charge is -2.02. The number of nitrogens with zero attached hydrogens (tertiary/aromatic N) is 1. The zero-order valence-corrected chi connectivity index (χ0v) is 9.23. The predicted octanol–water partition coefficient (Wildman–Crippen LogP) is 2.15. The standard InChI is InChI=1S/C12H13NO3/c1-8-11(7-14)12(13-16-8)9-4-3-5-10(6-9)15-2/h3-6,14H,7H2,1-2H3. The molecule has 1 heterocycles. The first-order valence-corrected chi connectivity index (χ1v) is 4.96. The van der Waals surface area contributed by atoms with Crippen molar-refractivity contribution >= 4 is 0 Å². The Hall–Kier alpha value is -1.81. The Balaban J connectivity index is 2.49. The second-order valence-corrected chi connectivity index (χ2v) is 3.46. The Morgan fingerprint density at radius 3 is 2.94 bits per heavy atom. The number of aliphatic hydroxyl groups is 1. The molecule has 0 aliphatic rings. The van der Waals surface area contributed by atoms with Crippen LogP contribution in [0.15, 0.2) is 28.8 Å². The van der Waals surface area contributed by atoms with Gasteiger partial charge in [-0.2, -0.15) is 0 Å². The van der Waals surface area contributed by atoms with Crippen molar-refractivity contribution in [3.63, 3.8) is 0 Å². The first kappa shape index (κ1) is 10.7. The highest BCUT2D eigenvalue weighted by Gasteiger charge is 2.13. The molecule has 0 saturated carbocycles. The largest absolute Gasteiger partial charge is 0.497 e. The molecule has 0 atom stereocenters. The van der Waals surface area contributed by atoms with Crippen molar-refractivity contribution in [2.24, 2.45) is 0 Å². The summed E-state index contributed by atoms with van der Waals surface area (Å²) in [6, 6.07) is 7.49. The molecule has 4 nitrogen and oxygen atoms in total. The van der Waals surface area contributed by atoms with E-state index in [1.807, 2.05) is 24.3 Å². The molecule has 1 N–H and O–H groups in total. The minimum absolute atomic E-state index is 0.0815. The van der Waals surface area contributed by atoms with Crippen LogP contribution in [0.1, 0.15) is 11.3 Å². The number of aryl methyl sites for hydroxylation is 1. The number of hydrogen-bond acceptors (Lipinski definition) is 4. The van der Waals surface area contributed by atoms with E-state index >= 15 is 0 Å². The van der Waals surface area contributed by atoms with Gasteiger partial charge >= 0.3 is 0 Å². The van der Waals surface area contributed by atoms with Crippen LogP contribution < -0.4 is 4.74 Å². The van der Waals surface area contributed by atoms with Gasteiger partial charge in [0.1, 0.15) is 17.2 Å². The summed E-state index contributed by atoms with van der Waals surface area (Å²) in [6.45, 7) is 1.70. The topological polar surface area (TPSA) is 55.5 Å². The van der Waals surface area contributed by atoms with Crippen molar-refractivity contribution in [3.8, 4) is 17.0 Å². The average Bonchev–Trinajstić information content (AvgIpc) is 2.70. The monoisotopic (exact) mass is 219 g/mol. The normalized spacial score (nSPS) is 10.4. The number of benzene rings is 1. The van der Waals surface area contributed by atoms with Gasteiger partial charge in [0.25, 0.3) is 0 Å². The van der Waals surface area contributed by atoms with E-state index in [2.05, 4.69) is 5.16 Å². The van der Waals surface area contributed by atoms with Crippen LogP contribution in [0.2, 0.25) is 0 Å². The fraction of sp³-hybridized carbons (Fsp3) is 0.250. The van der Waals surface area contributed by atoms with Gasteiger partial charge in [-0.3, -0.25) is 0 Å². The molecule has 16 heavy (non-hydrogen) atoms. The van der Waals surface area contributed by atoms with Gasteiger partial charge in [-0.1, -0.05) is 17.3 Å². The van der Waals surface area contributed by atoms with Gasteiger partial charge in [0.2, 0.25) is 0 Å². The Kier molecular flexibility index (Phi) is 2.92. The van der Waals surface area contributed by atoms with Crippen molar-refractivity contribution in [2.45, 2.75) is 13.5 Å². The molecule has 0 saturated heterocycles. The van der Waals surface area contributed by atoms with Crippen molar-refractivity contribution in [1.82, 2.24) is 5.16 Å². The van der Waals surface area contributed by atoms with E-state index in [0.717, 1.165) is 11.3 Å². The van der Waals surface area contributed by atoms with Gasteiger partial charge in [-0.15, -0.1) is 0 Å². The number of ether oxygens (including phenoxy) is 1. The first-order chi connectivity index (χ1) is 7.76. The van der Waals surface area contributed by atoms with E-state index in [9.17, 15) is 5.11 Å². The maximum atomic E-state index is 9.24. The van der Waals surface area contributed by atoms with Crippen LogP contribution in [0, 0.1) is 6.92 Å². The summed E-state index contributed by atoms with van der Waals surface area (Å²) in [6.07, 6.45) is 0. The maximum Gasteiger partial charge on any atom is 0.139 e. The Bertz CT molecular complexity index is 491. The minimum Gasteiger partial charge on any atom is -0.497 e. The molecule has 0 aliphatic carbocycles. The molecular weight excluding hydrogens is 206 g/mol. The van der Waals surface area contributed by atoms with E-state index in [0.29, 0.717) is 17.0 Å². The van der Waals surface area contributed by atoms with Crippen LogP contribution in [0.3, 0.4) is 0 Å². The summed E-state index contributed by atoms with van der Waals surface area (Å²) in [5.74, 6) is 1.39. The molecule has 0 bridgehead atoms. The highest BCUT2D eigenvalue weighted by atomic mass is 16.5. The summed E-state index contributed by atoms with van der Waals surface area (Å²) in [7, 11) is 1.61. The molecule has 2 rings (SSSR count). The molecule has 1 aromatic carbocycles. The number of hydrogen-bond donors (Lipinski definition) is 1. The molecule has 84 valence electrons. The summed E-state index contributed by atoms with van der Waals surface area (Å²) < 4.78 is 10.2. The third-order valence-electron chi connectivity index (χ3n) is 2.49. The van der Waals surface area contributed by atoms with Crippen LogP contribution >= 0.6 is 0 Å². The quantitative estimate of drug-likeness (QED) is 0.859. The number of methoxy groups -OCH3 is 1. The Morgan fingerprint density at radius 1 is 1.44 bits per heavy atom. The molecule has 4 heteroatoms. The Morgan fingerprint density at radius 2 is 2.25 bits per heavy atom. The third kappa shape index (κ3) is 1.79. The van der Waals surface area contributed by atoms with Crippen molar-refractivity contribution in [1.29, 1.82) is 0 Å². The average molecular weight is 219 g/mol. The van der Waals surface area contributed by atoms with Gasteiger partial charge in [0.05, 0.1) is 13.7 Å². The number of aromatic nitrogens is 1. The second kappa shape index (κ2) is 4.37. The van der Waals surface area contributed by atoms with Crippen molar-refractivity contribution in [2.75, 3.05) is 7.11 Å². The van der Waals surface area contributed by atoms with E-state index in [-0.39, 0.29) is 6.61 Å². The smallest absolute Gasteiger partial charge is 0.139 e. The van der Waals surface area contributed by atoms with E-state index in [1.54, 1.807) is 14.0 Å². The van der Waals surface area contributed by atoms with Crippen LogP contribution in [-0.2, 0) is 6.61 Å². The third-order valence-corrected chi connectivity index (χ3v) is 2.49. The Labute approximate surface area is 93.5 Å². The summed E-state index contributed by atoms with van der Waals surface area (Å²) in [4.78, 5) is 0. The maximum absolute atomic E-state index is 9.24. The lowest BCUT2D eigenvalue weighted by atomic mass is 10.1. The molecular formula is C12H13NO3. The molecule has 0 unspecified atom stereocenters. The highest BCUT2D eigenvalue weighted by molar-refractivity contribution is 5.64. The molecule has 0 amide bonds. The van der Waals surface area contributed by atoms with Crippen LogP contribution in [0.25, 0.3) is 11.3 Å². The van der Waals surface area contributed by atoms with Crippen LogP contribution in [0.4, 0.5) is 0 Å². The minimum atomic E-state index is -0.0815. The number of rotatable bonds is 3. The highest BCUT2D eigenvalue weighted by Crippen LogP contribution is 2.27.